The van der Waals surface area contributed by atoms with Gasteiger partial charge in [0.05, 0.1) is 21.3 Å². The molecule has 6 heteroatoms. The van der Waals surface area contributed by atoms with Crippen molar-refractivity contribution in [2.45, 2.75) is 44.2 Å². The Morgan fingerprint density at radius 3 is 1.68 bits per heavy atom. The van der Waals surface area contributed by atoms with Crippen molar-refractivity contribution >= 4 is 0 Å². The van der Waals surface area contributed by atoms with Gasteiger partial charge in [-0.05, 0) is 74.5 Å². The Morgan fingerprint density at radius 2 is 1.18 bits per heavy atom. The van der Waals surface area contributed by atoms with E-state index in [4.69, 9.17) is 14.2 Å². The lowest BCUT2D eigenvalue weighted by Gasteiger charge is -2.24. The highest BCUT2D eigenvalue weighted by Gasteiger charge is 2.15. The summed E-state index contributed by atoms with van der Waals surface area (Å²) in [5.74, 6) is 2.06. The second-order valence-corrected chi connectivity index (χ2v) is 9.68. The molecule has 0 aliphatic rings. The SMILES string of the molecule is CNC[C@H](Cc1ccccc1)NC[C@H](Cc1ccccc1)NCCCCc1cc(OC)c(OC)c(OC)c1. The molecule has 3 N–H and O–H groups in total. The number of hydrogen-bond donors (Lipinski definition) is 3. The molecule has 0 radical (unpaired) electrons. The van der Waals surface area contributed by atoms with Crippen LogP contribution in [0.2, 0.25) is 0 Å². The predicted octanol–water partition coefficient (Wildman–Crippen LogP) is 4.66. The van der Waals surface area contributed by atoms with Gasteiger partial charge in [-0.15, -0.1) is 0 Å². The molecule has 0 aliphatic carbocycles. The molecule has 3 aromatic rings. The zero-order valence-corrected chi connectivity index (χ0v) is 23.5. The molecule has 3 rings (SSSR count). The number of unbranched alkanes of at least 4 members (excludes halogenated alkanes) is 1. The summed E-state index contributed by atoms with van der Waals surface area (Å²) in [7, 11) is 6.97. The molecule has 6 nitrogen and oxygen atoms in total. The normalized spacial score (nSPS) is 12.6. The number of benzene rings is 3. The molecule has 0 saturated carbocycles. The monoisotopic (exact) mass is 519 g/mol. The van der Waals surface area contributed by atoms with E-state index < -0.39 is 0 Å². The molecule has 38 heavy (non-hydrogen) atoms. The summed E-state index contributed by atoms with van der Waals surface area (Å²) < 4.78 is 16.5. The number of hydrogen-bond acceptors (Lipinski definition) is 6. The molecule has 0 saturated heterocycles. The number of methoxy groups -OCH3 is 3. The summed E-state index contributed by atoms with van der Waals surface area (Å²) in [6.45, 7) is 2.82. The van der Waals surface area contributed by atoms with Crippen molar-refractivity contribution < 1.29 is 14.2 Å². The van der Waals surface area contributed by atoms with Crippen LogP contribution in [0.1, 0.15) is 29.5 Å². The lowest BCUT2D eigenvalue weighted by atomic mass is 10.0. The van der Waals surface area contributed by atoms with Crippen LogP contribution in [0.25, 0.3) is 0 Å². The van der Waals surface area contributed by atoms with E-state index in [1.165, 1.54) is 16.7 Å². The number of nitrogens with one attached hydrogen (secondary N) is 3. The molecule has 3 aromatic carbocycles. The summed E-state index contributed by atoms with van der Waals surface area (Å²) >= 11 is 0. The Bertz CT molecular complexity index is 1020. The third-order valence-corrected chi connectivity index (χ3v) is 6.80. The maximum absolute atomic E-state index is 5.51. The summed E-state index contributed by atoms with van der Waals surface area (Å²) in [5, 5.41) is 11.0. The highest BCUT2D eigenvalue weighted by molar-refractivity contribution is 5.53. The summed E-state index contributed by atoms with van der Waals surface area (Å²) in [4.78, 5) is 0. The van der Waals surface area contributed by atoms with Gasteiger partial charge in [0.15, 0.2) is 11.5 Å². The van der Waals surface area contributed by atoms with Gasteiger partial charge in [0.25, 0.3) is 0 Å². The van der Waals surface area contributed by atoms with E-state index in [1.807, 2.05) is 19.2 Å². The van der Waals surface area contributed by atoms with Gasteiger partial charge in [-0.2, -0.15) is 0 Å². The van der Waals surface area contributed by atoms with Crippen molar-refractivity contribution in [3.63, 3.8) is 0 Å². The van der Waals surface area contributed by atoms with Gasteiger partial charge in [-0.1, -0.05) is 60.7 Å². The minimum absolute atomic E-state index is 0.355. The van der Waals surface area contributed by atoms with E-state index in [9.17, 15) is 0 Å². The van der Waals surface area contributed by atoms with Crippen molar-refractivity contribution in [3.8, 4) is 17.2 Å². The molecule has 0 amide bonds. The first-order valence-corrected chi connectivity index (χ1v) is 13.6. The third kappa shape index (κ3) is 9.67. The van der Waals surface area contributed by atoms with Gasteiger partial charge in [0.2, 0.25) is 5.75 Å². The molecule has 0 bridgehead atoms. The molecule has 0 aromatic heterocycles. The zero-order valence-electron chi connectivity index (χ0n) is 23.5. The largest absolute Gasteiger partial charge is 0.493 e. The maximum atomic E-state index is 5.51. The fourth-order valence-electron chi connectivity index (χ4n) is 4.83. The van der Waals surface area contributed by atoms with Crippen molar-refractivity contribution in [1.29, 1.82) is 0 Å². The van der Waals surface area contributed by atoms with Crippen LogP contribution in [0.4, 0.5) is 0 Å². The standard InChI is InChI=1S/C32H45N3O3/c1-33-23-28(19-25-13-7-5-8-14-25)35-24-29(20-26-15-9-6-10-16-26)34-18-12-11-17-27-21-30(36-2)32(38-4)31(22-27)37-3/h5-10,13-16,21-22,28-29,33-35H,11-12,17-20,23-24H2,1-4H3/t28-,29-/m0/s1. The molecule has 206 valence electrons. The third-order valence-electron chi connectivity index (χ3n) is 6.80. The molecule has 2 atom stereocenters. The fraction of sp³-hybridized carbons (Fsp3) is 0.438. The summed E-state index contributed by atoms with van der Waals surface area (Å²) in [5.41, 5.74) is 3.91. The molecule has 0 aliphatic heterocycles. The molecule has 0 spiro atoms. The van der Waals surface area contributed by atoms with Crippen LogP contribution in [0.15, 0.2) is 72.8 Å². The van der Waals surface area contributed by atoms with Crippen LogP contribution in [-0.4, -0.2) is 60.1 Å². The van der Waals surface area contributed by atoms with E-state index >= 15 is 0 Å². The average molecular weight is 520 g/mol. The number of likely N-dealkylation sites (N-methyl/N-ethyl adjacent to an activating group) is 1. The Balaban J connectivity index is 1.53. The van der Waals surface area contributed by atoms with Gasteiger partial charge >= 0.3 is 0 Å². The van der Waals surface area contributed by atoms with E-state index in [0.717, 1.165) is 51.7 Å². The summed E-state index contributed by atoms with van der Waals surface area (Å²) in [6.07, 6.45) is 5.13. The number of aryl methyl sites for hydroxylation is 1. The van der Waals surface area contributed by atoms with Crippen molar-refractivity contribution in [2.75, 3.05) is 48.0 Å². The molecular formula is C32H45N3O3. The molecule has 0 unspecified atom stereocenters. The van der Waals surface area contributed by atoms with Crippen LogP contribution in [0, 0.1) is 0 Å². The maximum Gasteiger partial charge on any atom is 0.203 e. The van der Waals surface area contributed by atoms with Crippen molar-refractivity contribution in [2.24, 2.45) is 0 Å². The second kappa shape index (κ2) is 16.7. The van der Waals surface area contributed by atoms with Gasteiger partial charge in [-0.3, -0.25) is 0 Å². The molecule has 0 heterocycles. The molecule has 0 fully saturated rings. The number of rotatable bonds is 18. The van der Waals surface area contributed by atoms with Gasteiger partial charge < -0.3 is 30.2 Å². The second-order valence-electron chi connectivity index (χ2n) is 9.68. The van der Waals surface area contributed by atoms with Crippen LogP contribution in [0.5, 0.6) is 17.2 Å². The van der Waals surface area contributed by atoms with Crippen LogP contribution in [0.3, 0.4) is 0 Å². The minimum Gasteiger partial charge on any atom is -0.493 e. The Hall–Kier alpha value is -3.06. The van der Waals surface area contributed by atoms with Crippen LogP contribution < -0.4 is 30.2 Å². The summed E-state index contributed by atoms with van der Waals surface area (Å²) in [6, 6.07) is 26.3. The smallest absolute Gasteiger partial charge is 0.203 e. The highest BCUT2D eigenvalue weighted by atomic mass is 16.5. The van der Waals surface area contributed by atoms with E-state index in [-0.39, 0.29) is 0 Å². The fourth-order valence-corrected chi connectivity index (χ4v) is 4.83. The predicted molar refractivity (Wildman–Crippen MR) is 157 cm³/mol. The highest BCUT2D eigenvalue weighted by Crippen LogP contribution is 2.38. The van der Waals surface area contributed by atoms with Gasteiger partial charge in [0.1, 0.15) is 0 Å². The number of ether oxygens (including phenoxy) is 3. The van der Waals surface area contributed by atoms with E-state index in [1.54, 1.807) is 21.3 Å². The van der Waals surface area contributed by atoms with Gasteiger partial charge in [0, 0.05) is 25.2 Å². The zero-order chi connectivity index (χ0) is 27.0. The topological polar surface area (TPSA) is 63.8 Å². The first-order valence-electron chi connectivity index (χ1n) is 13.6. The first-order chi connectivity index (χ1) is 18.7. The van der Waals surface area contributed by atoms with Crippen LogP contribution in [-0.2, 0) is 19.3 Å². The first kappa shape index (κ1) is 29.5. The van der Waals surface area contributed by atoms with Crippen molar-refractivity contribution in [1.82, 2.24) is 16.0 Å². The van der Waals surface area contributed by atoms with Crippen molar-refractivity contribution in [3.05, 3.63) is 89.5 Å². The minimum atomic E-state index is 0.355. The lowest BCUT2D eigenvalue weighted by Crippen LogP contribution is -2.47. The van der Waals surface area contributed by atoms with E-state index in [0.29, 0.717) is 29.3 Å². The Labute approximate surface area is 229 Å². The average Bonchev–Trinajstić information content (AvgIpc) is 2.96. The molecular weight excluding hydrogens is 474 g/mol. The van der Waals surface area contributed by atoms with Crippen LogP contribution >= 0.6 is 0 Å². The van der Waals surface area contributed by atoms with Gasteiger partial charge in [-0.25, -0.2) is 0 Å². The quantitative estimate of drug-likeness (QED) is 0.213. The Morgan fingerprint density at radius 1 is 0.632 bits per heavy atom. The Kier molecular flexibility index (Phi) is 13.0. The van der Waals surface area contributed by atoms with E-state index in [2.05, 4.69) is 76.6 Å². The lowest BCUT2D eigenvalue weighted by molar-refractivity contribution is 0.323.